The Morgan fingerprint density at radius 3 is 2.71 bits per heavy atom. The minimum atomic E-state index is -3.30. The highest BCUT2D eigenvalue weighted by molar-refractivity contribution is 7.90. The fourth-order valence-electron chi connectivity index (χ4n) is 3.41. The number of imidazole rings is 1. The first-order chi connectivity index (χ1) is 14.9. The van der Waals surface area contributed by atoms with E-state index in [1.54, 1.807) is 14.0 Å². The molecule has 0 amide bonds. The molecule has 2 aromatic heterocycles. The van der Waals surface area contributed by atoms with Crippen molar-refractivity contribution >= 4 is 37.8 Å². The number of nitrogen functional groups attached to an aromatic ring is 1. The number of hydrogen-bond acceptors (Lipinski definition) is 7. The van der Waals surface area contributed by atoms with Gasteiger partial charge in [0.15, 0.2) is 5.82 Å². The van der Waals surface area contributed by atoms with E-state index in [9.17, 15) is 8.42 Å². The van der Waals surface area contributed by atoms with E-state index in [-0.39, 0.29) is 6.54 Å². The molecule has 3 aromatic rings. The second kappa shape index (κ2) is 10.4. The summed E-state index contributed by atoms with van der Waals surface area (Å²) in [6.07, 6.45) is 1.20. The molecule has 1 unspecified atom stereocenters. The molecule has 0 saturated heterocycles. The molecular weight excluding hydrogens is 418 g/mol. The number of benzene rings is 1. The van der Waals surface area contributed by atoms with Crippen molar-refractivity contribution in [1.82, 2.24) is 19.3 Å². The summed E-state index contributed by atoms with van der Waals surface area (Å²) in [4.78, 5) is 9.20. The van der Waals surface area contributed by atoms with E-state index in [1.165, 1.54) is 0 Å². The average Bonchev–Trinajstić information content (AvgIpc) is 3.13. The van der Waals surface area contributed by atoms with Crippen LogP contribution < -0.4 is 10.5 Å². The summed E-state index contributed by atoms with van der Waals surface area (Å²) < 4.78 is 39.7. The third-order valence-electron chi connectivity index (χ3n) is 5.33. The molecule has 1 atom stereocenters. The minimum Gasteiger partial charge on any atom is -0.384 e. The molecule has 0 aliphatic heterocycles. The maximum absolute atomic E-state index is 12.0. The van der Waals surface area contributed by atoms with Crippen molar-refractivity contribution in [1.29, 1.82) is 0 Å². The summed E-state index contributed by atoms with van der Waals surface area (Å²) in [6.45, 7) is 5.58. The van der Waals surface area contributed by atoms with Crippen LogP contribution in [0.25, 0.3) is 21.9 Å². The number of rotatable bonds is 12. The quantitative estimate of drug-likeness (QED) is 0.406. The maximum atomic E-state index is 12.0. The van der Waals surface area contributed by atoms with E-state index in [0.29, 0.717) is 50.5 Å². The predicted octanol–water partition coefficient (Wildman–Crippen LogP) is 2.09. The van der Waals surface area contributed by atoms with Gasteiger partial charge in [-0.15, -0.1) is 0 Å². The van der Waals surface area contributed by atoms with Crippen molar-refractivity contribution in [2.24, 2.45) is 0 Å². The predicted molar refractivity (Wildman–Crippen MR) is 123 cm³/mol. The zero-order valence-electron chi connectivity index (χ0n) is 18.3. The molecule has 10 heteroatoms. The van der Waals surface area contributed by atoms with Crippen LogP contribution >= 0.6 is 0 Å². The Kier molecular flexibility index (Phi) is 7.82. The largest absolute Gasteiger partial charge is 0.384 e. The van der Waals surface area contributed by atoms with Gasteiger partial charge in [-0.25, -0.2) is 23.1 Å². The Morgan fingerprint density at radius 1 is 1.19 bits per heavy atom. The summed E-state index contributed by atoms with van der Waals surface area (Å²) in [7, 11) is -1.64. The Balaban J connectivity index is 1.74. The van der Waals surface area contributed by atoms with Crippen molar-refractivity contribution < 1.29 is 17.9 Å². The van der Waals surface area contributed by atoms with Crippen LogP contribution in [0.5, 0.6) is 0 Å². The summed E-state index contributed by atoms with van der Waals surface area (Å²) in [6, 6.07) is 7.83. The van der Waals surface area contributed by atoms with E-state index in [2.05, 4.69) is 14.3 Å². The number of anilines is 1. The van der Waals surface area contributed by atoms with Crippen molar-refractivity contribution in [3.63, 3.8) is 0 Å². The van der Waals surface area contributed by atoms with Crippen LogP contribution in [-0.2, 0) is 32.5 Å². The first-order valence-corrected chi connectivity index (χ1v) is 12.0. The number of methoxy groups -OCH3 is 1. The zero-order valence-corrected chi connectivity index (χ0v) is 19.1. The lowest BCUT2D eigenvalue weighted by molar-refractivity contribution is 0.130. The Bertz CT molecular complexity index is 1130. The molecule has 0 spiro atoms. The number of aromatic nitrogens is 3. The van der Waals surface area contributed by atoms with Gasteiger partial charge in [-0.3, -0.25) is 0 Å². The van der Waals surface area contributed by atoms with Crippen LogP contribution in [0, 0.1) is 0 Å². The normalized spacial score (nSPS) is 13.3. The van der Waals surface area contributed by atoms with Gasteiger partial charge in [-0.05, 0) is 19.4 Å². The van der Waals surface area contributed by atoms with Gasteiger partial charge in [0.25, 0.3) is 0 Å². The first kappa shape index (κ1) is 23.4. The maximum Gasteiger partial charge on any atom is 0.214 e. The molecule has 0 aliphatic carbocycles. The summed E-state index contributed by atoms with van der Waals surface area (Å²) >= 11 is 0. The Hall–Kier alpha value is -2.27. The molecule has 31 heavy (non-hydrogen) atoms. The number of nitrogens with one attached hydrogen (secondary N) is 1. The highest BCUT2D eigenvalue weighted by Gasteiger charge is 2.18. The van der Waals surface area contributed by atoms with Gasteiger partial charge >= 0.3 is 0 Å². The minimum absolute atomic E-state index is 0.244. The van der Waals surface area contributed by atoms with Gasteiger partial charge < -0.3 is 19.8 Å². The monoisotopic (exact) mass is 449 g/mol. The van der Waals surface area contributed by atoms with Gasteiger partial charge in [-0.2, -0.15) is 0 Å². The lowest BCUT2D eigenvalue weighted by Gasteiger charge is -2.13. The smallest absolute Gasteiger partial charge is 0.214 e. The second-order valence-corrected chi connectivity index (χ2v) is 9.59. The molecular formula is C21H31N5O4S. The fraction of sp³-hybridized carbons (Fsp3) is 0.524. The third kappa shape index (κ3) is 5.32. The highest BCUT2D eigenvalue weighted by Crippen LogP contribution is 2.28. The fourth-order valence-corrected chi connectivity index (χ4v) is 4.50. The molecule has 0 aliphatic rings. The molecule has 0 saturated carbocycles. The summed E-state index contributed by atoms with van der Waals surface area (Å²) in [5, 5.41) is 0.560. The van der Waals surface area contributed by atoms with Crippen LogP contribution in [0.1, 0.15) is 26.1 Å². The number of sulfonamides is 1. The second-order valence-electron chi connectivity index (χ2n) is 7.40. The first-order valence-electron chi connectivity index (χ1n) is 10.5. The van der Waals surface area contributed by atoms with Crippen LogP contribution in [0.2, 0.25) is 0 Å². The van der Waals surface area contributed by atoms with Gasteiger partial charge in [-0.1, -0.05) is 25.1 Å². The topological polar surface area (TPSA) is 121 Å². The lowest BCUT2D eigenvalue weighted by Crippen LogP contribution is -2.34. The average molecular weight is 450 g/mol. The molecule has 0 bridgehead atoms. The molecule has 3 rings (SSSR count). The van der Waals surface area contributed by atoms with E-state index in [1.807, 2.05) is 31.2 Å². The van der Waals surface area contributed by atoms with Crippen LogP contribution in [-0.4, -0.2) is 61.7 Å². The standard InChI is InChI=1S/C21H31N5O4S/c1-4-15(2)31(27,28)23-10-13-30-14-11-26-18(9-12-29-3)25-19-20(26)16-7-5-6-8-17(16)24-21(19)22/h5-8,15,23H,4,9-14H2,1-3H3,(H2,22,24). The van der Waals surface area contributed by atoms with Crippen molar-refractivity contribution in [3.05, 3.63) is 30.1 Å². The van der Waals surface area contributed by atoms with Crippen molar-refractivity contribution in [2.45, 2.75) is 38.5 Å². The Morgan fingerprint density at radius 2 is 1.97 bits per heavy atom. The number of fused-ring (bicyclic) bond motifs is 3. The van der Waals surface area contributed by atoms with Gasteiger partial charge in [0.2, 0.25) is 10.0 Å². The van der Waals surface area contributed by atoms with E-state index in [4.69, 9.17) is 20.2 Å². The SMILES string of the molecule is CCC(C)S(=O)(=O)NCCOCCn1c(CCOC)nc2c(N)nc3ccccc3c21. The van der Waals surface area contributed by atoms with Crippen LogP contribution in [0.3, 0.4) is 0 Å². The van der Waals surface area contributed by atoms with Crippen LogP contribution in [0.4, 0.5) is 5.82 Å². The number of ether oxygens (including phenoxy) is 2. The number of hydrogen-bond donors (Lipinski definition) is 2. The molecule has 170 valence electrons. The Labute approximate surface area is 183 Å². The third-order valence-corrected chi connectivity index (χ3v) is 7.33. The van der Waals surface area contributed by atoms with E-state index >= 15 is 0 Å². The van der Waals surface area contributed by atoms with E-state index < -0.39 is 15.3 Å². The van der Waals surface area contributed by atoms with Gasteiger partial charge in [0, 0.05) is 32.0 Å². The summed E-state index contributed by atoms with van der Waals surface area (Å²) in [5.74, 6) is 1.24. The number of para-hydroxylation sites is 1. The van der Waals surface area contributed by atoms with Crippen molar-refractivity contribution in [3.8, 4) is 0 Å². The summed E-state index contributed by atoms with van der Waals surface area (Å²) in [5.41, 5.74) is 8.60. The molecule has 0 radical (unpaired) electrons. The van der Waals surface area contributed by atoms with Gasteiger partial charge in [0.1, 0.15) is 11.3 Å². The zero-order chi connectivity index (χ0) is 22.4. The van der Waals surface area contributed by atoms with Crippen molar-refractivity contribution in [2.75, 3.05) is 39.2 Å². The highest BCUT2D eigenvalue weighted by atomic mass is 32.2. The molecule has 1 aromatic carbocycles. The van der Waals surface area contributed by atoms with E-state index in [0.717, 1.165) is 22.2 Å². The molecule has 9 nitrogen and oxygen atoms in total. The lowest BCUT2D eigenvalue weighted by atomic mass is 10.2. The molecule has 2 heterocycles. The van der Waals surface area contributed by atoms with Crippen LogP contribution in [0.15, 0.2) is 24.3 Å². The molecule has 3 N–H and O–H groups in total. The number of nitrogens with zero attached hydrogens (tertiary/aromatic N) is 3. The number of pyridine rings is 1. The van der Waals surface area contributed by atoms with Gasteiger partial charge in [0.05, 0.1) is 36.1 Å². The molecule has 0 fully saturated rings. The number of nitrogens with two attached hydrogens (primary N) is 1.